The van der Waals surface area contributed by atoms with Gasteiger partial charge in [-0.3, -0.25) is 9.59 Å². The van der Waals surface area contributed by atoms with E-state index >= 15 is 0 Å². The van der Waals surface area contributed by atoms with E-state index in [2.05, 4.69) is 5.32 Å². The van der Waals surface area contributed by atoms with Crippen molar-refractivity contribution in [1.29, 1.82) is 0 Å². The van der Waals surface area contributed by atoms with E-state index in [9.17, 15) is 9.59 Å². The first kappa shape index (κ1) is 15.2. The predicted octanol–water partition coefficient (Wildman–Crippen LogP) is 2.80. The lowest BCUT2D eigenvalue weighted by Gasteiger charge is -2.17. The van der Waals surface area contributed by atoms with Gasteiger partial charge in [-0.1, -0.05) is 30.2 Å². The number of nitrogens with one attached hydrogen (secondary N) is 1. The van der Waals surface area contributed by atoms with Crippen molar-refractivity contribution < 1.29 is 14.7 Å². The molecule has 0 unspecified atom stereocenters. The Labute approximate surface area is 126 Å². The highest BCUT2D eigenvalue weighted by Crippen LogP contribution is 2.28. The van der Waals surface area contributed by atoms with Crippen molar-refractivity contribution in [2.75, 3.05) is 5.75 Å². The van der Waals surface area contributed by atoms with Crippen molar-refractivity contribution >= 4 is 35.2 Å². The zero-order valence-electron chi connectivity index (χ0n) is 10.8. The molecule has 1 saturated carbocycles. The molecular weight excluding hydrogens is 298 g/mol. The highest BCUT2D eigenvalue weighted by Gasteiger charge is 2.33. The Hall–Kier alpha value is -1.20. The molecule has 0 aliphatic heterocycles. The number of hydrogen-bond donors (Lipinski definition) is 2. The van der Waals surface area contributed by atoms with Crippen LogP contribution in [0.2, 0.25) is 5.02 Å². The summed E-state index contributed by atoms with van der Waals surface area (Å²) in [7, 11) is 0. The molecular formula is C14H16ClNO3S. The number of benzene rings is 1. The highest BCUT2D eigenvalue weighted by molar-refractivity contribution is 8.00. The van der Waals surface area contributed by atoms with E-state index in [-0.39, 0.29) is 17.7 Å². The smallest absolute Gasteiger partial charge is 0.308 e. The normalized spacial score (nSPS) is 21.6. The third-order valence-corrected chi connectivity index (χ3v) is 4.89. The average molecular weight is 314 g/mol. The average Bonchev–Trinajstić information content (AvgIpc) is 2.86. The van der Waals surface area contributed by atoms with Gasteiger partial charge >= 0.3 is 5.97 Å². The van der Waals surface area contributed by atoms with Crippen LogP contribution >= 0.6 is 23.4 Å². The van der Waals surface area contributed by atoms with E-state index in [1.807, 2.05) is 18.2 Å². The van der Waals surface area contributed by atoms with Gasteiger partial charge in [0.25, 0.3) is 0 Å². The van der Waals surface area contributed by atoms with Crippen molar-refractivity contribution in [3.05, 3.63) is 29.3 Å². The van der Waals surface area contributed by atoms with Crippen LogP contribution in [0.15, 0.2) is 29.2 Å². The van der Waals surface area contributed by atoms with E-state index in [4.69, 9.17) is 16.7 Å². The fraction of sp³-hybridized carbons (Fsp3) is 0.429. The van der Waals surface area contributed by atoms with Crippen LogP contribution in [-0.2, 0) is 9.59 Å². The summed E-state index contributed by atoms with van der Waals surface area (Å²) in [5, 5.41) is 12.5. The van der Waals surface area contributed by atoms with Crippen molar-refractivity contribution in [2.45, 2.75) is 30.2 Å². The molecule has 4 nitrogen and oxygen atoms in total. The van der Waals surface area contributed by atoms with Crippen LogP contribution in [0.4, 0.5) is 0 Å². The molecule has 1 aliphatic rings. The van der Waals surface area contributed by atoms with Crippen LogP contribution in [0.1, 0.15) is 19.3 Å². The Morgan fingerprint density at radius 3 is 2.80 bits per heavy atom. The predicted molar refractivity (Wildman–Crippen MR) is 79.1 cm³/mol. The molecule has 0 radical (unpaired) electrons. The molecule has 0 heterocycles. The lowest BCUT2D eigenvalue weighted by atomic mass is 10.0. The molecule has 108 valence electrons. The lowest BCUT2D eigenvalue weighted by Crippen LogP contribution is -2.40. The largest absolute Gasteiger partial charge is 0.481 e. The summed E-state index contributed by atoms with van der Waals surface area (Å²) < 4.78 is 0. The fourth-order valence-corrected chi connectivity index (χ4v) is 3.43. The molecule has 2 rings (SSSR count). The third kappa shape index (κ3) is 3.90. The maximum atomic E-state index is 11.9. The number of hydrogen-bond acceptors (Lipinski definition) is 3. The Balaban J connectivity index is 1.84. The molecule has 0 bridgehead atoms. The number of rotatable bonds is 5. The standard InChI is InChI=1S/C14H16ClNO3S/c15-10-5-1-2-7-12(10)20-8-13(17)16-11-6-3-4-9(11)14(18)19/h1-2,5,7,9,11H,3-4,6,8H2,(H,16,17)(H,18,19)/t9-,11+/m1/s1. The van der Waals surface area contributed by atoms with Crippen molar-refractivity contribution in [1.82, 2.24) is 5.32 Å². The van der Waals surface area contributed by atoms with Gasteiger partial charge < -0.3 is 10.4 Å². The van der Waals surface area contributed by atoms with Gasteiger partial charge in [-0.25, -0.2) is 0 Å². The van der Waals surface area contributed by atoms with Gasteiger partial charge in [0.05, 0.1) is 16.7 Å². The van der Waals surface area contributed by atoms with E-state index in [1.165, 1.54) is 11.8 Å². The lowest BCUT2D eigenvalue weighted by molar-refractivity contribution is -0.142. The first-order valence-corrected chi connectivity index (χ1v) is 7.84. The first-order valence-electron chi connectivity index (χ1n) is 6.47. The summed E-state index contributed by atoms with van der Waals surface area (Å²) in [6, 6.07) is 7.09. The first-order chi connectivity index (χ1) is 9.58. The maximum absolute atomic E-state index is 11.9. The van der Waals surface area contributed by atoms with Gasteiger partial charge in [0, 0.05) is 10.9 Å². The fourth-order valence-electron chi connectivity index (χ4n) is 2.38. The number of aliphatic carboxylic acids is 1. The zero-order chi connectivity index (χ0) is 14.5. The summed E-state index contributed by atoms with van der Waals surface area (Å²) in [4.78, 5) is 23.8. The number of carbonyl (C=O) groups excluding carboxylic acids is 1. The molecule has 6 heteroatoms. The van der Waals surface area contributed by atoms with Crippen LogP contribution in [0.3, 0.4) is 0 Å². The van der Waals surface area contributed by atoms with Crippen LogP contribution in [0.25, 0.3) is 0 Å². The van der Waals surface area contributed by atoms with Crippen molar-refractivity contribution in [2.24, 2.45) is 5.92 Å². The monoisotopic (exact) mass is 313 g/mol. The third-order valence-electron chi connectivity index (χ3n) is 3.37. The molecule has 1 aromatic carbocycles. The van der Waals surface area contributed by atoms with E-state index in [1.54, 1.807) is 6.07 Å². The second-order valence-corrected chi connectivity index (χ2v) is 6.19. The molecule has 1 aliphatic carbocycles. The van der Waals surface area contributed by atoms with Crippen LogP contribution < -0.4 is 5.32 Å². The topological polar surface area (TPSA) is 66.4 Å². The van der Waals surface area contributed by atoms with Crippen molar-refractivity contribution in [3.63, 3.8) is 0 Å². The van der Waals surface area contributed by atoms with Gasteiger partial charge in [-0.15, -0.1) is 11.8 Å². The van der Waals surface area contributed by atoms with Gasteiger partial charge in [0.15, 0.2) is 0 Å². The number of halogens is 1. The number of thioether (sulfide) groups is 1. The molecule has 1 aromatic rings. The zero-order valence-corrected chi connectivity index (χ0v) is 12.4. The minimum Gasteiger partial charge on any atom is -0.481 e. The maximum Gasteiger partial charge on any atom is 0.308 e. The van der Waals surface area contributed by atoms with Crippen molar-refractivity contribution in [3.8, 4) is 0 Å². The van der Waals surface area contributed by atoms with E-state index in [0.717, 1.165) is 17.7 Å². The van der Waals surface area contributed by atoms with Gasteiger partial charge in [0.1, 0.15) is 0 Å². The number of amides is 1. The second kappa shape index (κ2) is 6.99. The summed E-state index contributed by atoms with van der Waals surface area (Å²) in [5.74, 6) is -1.18. The second-order valence-electron chi connectivity index (χ2n) is 4.77. The molecule has 20 heavy (non-hydrogen) atoms. The van der Waals surface area contributed by atoms with E-state index in [0.29, 0.717) is 11.4 Å². The van der Waals surface area contributed by atoms with Crippen LogP contribution in [-0.4, -0.2) is 28.8 Å². The Bertz CT molecular complexity index is 509. The molecule has 2 N–H and O–H groups in total. The minimum atomic E-state index is -0.827. The minimum absolute atomic E-state index is 0.145. The quantitative estimate of drug-likeness (QED) is 0.820. The van der Waals surface area contributed by atoms with Crippen LogP contribution in [0, 0.1) is 5.92 Å². The molecule has 1 amide bonds. The summed E-state index contributed by atoms with van der Waals surface area (Å²) in [6.07, 6.45) is 2.22. The number of carboxylic acids is 1. The Kier molecular flexibility index (Phi) is 5.31. The molecule has 0 aromatic heterocycles. The van der Waals surface area contributed by atoms with E-state index < -0.39 is 11.9 Å². The SMILES string of the molecule is O=C(CSc1ccccc1Cl)N[C@H]1CCC[C@H]1C(=O)O. The number of carboxylic acid groups (broad SMARTS) is 1. The highest BCUT2D eigenvalue weighted by atomic mass is 35.5. The Morgan fingerprint density at radius 2 is 2.10 bits per heavy atom. The van der Waals surface area contributed by atoms with Gasteiger partial charge in [0.2, 0.25) is 5.91 Å². The molecule has 0 spiro atoms. The van der Waals surface area contributed by atoms with Gasteiger partial charge in [-0.2, -0.15) is 0 Å². The summed E-state index contributed by atoms with van der Waals surface area (Å²) in [5.41, 5.74) is 0. The molecule has 1 fully saturated rings. The van der Waals surface area contributed by atoms with Gasteiger partial charge in [-0.05, 0) is 25.0 Å². The summed E-state index contributed by atoms with van der Waals surface area (Å²) in [6.45, 7) is 0. The molecule has 0 saturated heterocycles. The number of carbonyl (C=O) groups is 2. The molecule has 2 atom stereocenters. The summed E-state index contributed by atoms with van der Waals surface area (Å²) >= 11 is 7.37. The van der Waals surface area contributed by atoms with Crippen LogP contribution in [0.5, 0.6) is 0 Å². The Morgan fingerprint density at radius 1 is 1.35 bits per heavy atom.